The zero-order valence-electron chi connectivity index (χ0n) is 7.19. The van der Waals surface area contributed by atoms with Crippen molar-refractivity contribution in [2.75, 3.05) is 0 Å². The van der Waals surface area contributed by atoms with Crippen LogP contribution in [0.2, 0.25) is 0 Å². The van der Waals surface area contributed by atoms with Gasteiger partial charge in [-0.2, -0.15) is 5.10 Å². The fraction of sp³-hybridized carbons (Fsp3) is 0.111. The highest BCUT2D eigenvalue weighted by atomic mass is 16.1. The van der Waals surface area contributed by atoms with Gasteiger partial charge in [-0.15, -0.1) is 0 Å². The molecule has 4 nitrogen and oxygen atoms in total. The molecule has 0 radical (unpaired) electrons. The maximum absolute atomic E-state index is 10.8. The summed E-state index contributed by atoms with van der Waals surface area (Å²) in [6, 6.07) is 5.56. The highest BCUT2D eigenvalue weighted by Crippen LogP contribution is 2.08. The smallest absolute Gasteiger partial charge is 0.250 e. The maximum atomic E-state index is 10.8. The predicted octanol–water partition coefficient (Wildman–Crippen LogP) is 0.742. The van der Waals surface area contributed by atoms with Crippen molar-refractivity contribution in [1.29, 1.82) is 0 Å². The lowest BCUT2D eigenvalue weighted by Gasteiger charge is -1.98. The third-order valence-corrected chi connectivity index (χ3v) is 1.97. The minimum Gasteiger partial charge on any atom is -0.366 e. The lowest BCUT2D eigenvalue weighted by Crippen LogP contribution is -2.12. The molecule has 66 valence electrons. The van der Waals surface area contributed by atoms with Crippen LogP contribution in [0.1, 0.15) is 16.1 Å². The van der Waals surface area contributed by atoms with E-state index in [1.807, 2.05) is 19.1 Å². The minimum absolute atomic E-state index is 0.436. The molecule has 0 spiro atoms. The van der Waals surface area contributed by atoms with Crippen molar-refractivity contribution in [3.05, 3.63) is 35.7 Å². The Labute approximate surface area is 75.0 Å². The van der Waals surface area contributed by atoms with E-state index in [-0.39, 0.29) is 0 Å². The monoisotopic (exact) mass is 175 g/mol. The number of nitrogens with two attached hydrogens (primary N) is 1. The molecule has 0 saturated carbocycles. The highest BCUT2D eigenvalue weighted by molar-refractivity contribution is 5.93. The van der Waals surface area contributed by atoms with E-state index < -0.39 is 5.91 Å². The van der Waals surface area contributed by atoms with Crippen LogP contribution in [0, 0.1) is 6.92 Å². The van der Waals surface area contributed by atoms with Crippen LogP contribution >= 0.6 is 0 Å². The number of hydrogen-bond donors (Lipinski definition) is 1. The van der Waals surface area contributed by atoms with Crippen LogP contribution in [0.15, 0.2) is 24.4 Å². The Balaban J connectivity index is 2.70. The Morgan fingerprint density at radius 3 is 3.00 bits per heavy atom. The van der Waals surface area contributed by atoms with E-state index in [0.717, 1.165) is 11.2 Å². The largest absolute Gasteiger partial charge is 0.366 e. The summed E-state index contributed by atoms with van der Waals surface area (Å²) in [4.78, 5) is 10.8. The molecule has 0 aliphatic carbocycles. The summed E-state index contributed by atoms with van der Waals surface area (Å²) in [6.45, 7) is 1.95. The van der Waals surface area contributed by atoms with Crippen molar-refractivity contribution in [2.24, 2.45) is 5.73 Å². The van der Waals surface area contributed by atoms with Crippen LogP contribution in [0.3, 0.4) is 0 Å². The number of hydrogen-bond acceptors (Lipinski definition) is 2. The molecule has 2 N–H and O–H groups in total. The van der Waals surface area contributed by atoms with E-state index in [1.54, 1.807) is 10.6 Å². The fourth-order valence-corrected chi connectivity index (χ4v) is 1.27. The number of carbonyl (C=O) groups excluding carboxylic acids is 1. The van der Waals surface area contributed by atoms with Crippen molar-refractivity contribution in [3.8, 4) is 0 Å². The third kappa shape index (κ3) is 1.16. The van der Waals surface area contributed by atoms with Crippen molar-refractivity contribution in [2.45, 2.75) is 6.92 Å². The van der Waals surface area contributed by atoms with Crippen molar-refractivity contribution < 1.29 is 4.79 Å². The molecule has 0 saturated heterocycles. The van der Waals surface area contributed by atoms with Gasteiger partial charge in [-0.3, -0.25) is 4.79 Å². The fourth-order valence-electron chi connectivity index (χ4n) is 1.27. The van der Waals surface area contributed by atoms with Crippen molar-refractivity contribution >= 4 is 11.4 Å². The van der Waals surface area contributed by atoms with Gasteiger partial charge in [-0.1, -0.05) is 0 Å². The summed E-state index contributed by atoms with van der Waals surface area (Å²) in [5, 5.41) is 4.08. The number of aryl methyl sites for hydroxylation is 1. The molecule has 2 rings (SSSR count). The number of nitrogens with zero attached hydrogens (tertiary/aromatic N) is 2. The summed E-state index contributed by atoms with van der Waals surface area (Å²) in [5.41, 5.74) is 7.48. The summed E-state index contributed by atoms with van der Waals surface area (Å²) in [5.74, 6) is -0.450. The topological polar surface area (TPSA) is 60.4 Å². The van der Waals surface area contributed by atoms with Gasteiger partial charge in [0.25, 0.3) is 0 Å². The average molecular weight is 175 g/mol. The normalized spacial score (nSPS) is 10.5. The molecule has 2 aromatic rings. The van der Waals surface area contributed by atoms with E-state index in [0.29, 0.717) is 5.56 Å². The molecule has 2 heterocycles. The van der Waals surface area contributed by atoms with E-state index >= 15 is 0 Å². The van der Waals surface area contributed by atoms with Crippen LogP contribution in [0.4, 0.5) is 0 Å². The van der Waals surface area contributed by atoms with Gasteiger partial charge in [-0.25, -0.2) is 4.52 Å². The van der Waals surface area contributed by atoms with Crippen LogP contribution in [-0.4, -0.2) is 15.5 Å². The zero-order chi connectivity index (χ0) is 9.42. The molecular formula is C9H9N3O. The second kappa shape index (κ2) is 2.58. The molecule has 0 bridgehead atoms. The van der Waals surface area contributed by atoms with E-state index in [4.69, 9.17) is 5.73 Å². The number of carbonyl (C=O) groups is 1. The van der Waals surface area contributed by atoms with Gasteiger partial charge in [0.05, 0.1) is 17.3 Å². The number of primary amides is 1. The zero-order valence-corrected chi connectivity index (χ0v) is 7.19. The van der Waals surface area contributed by atoms with Crippen molar-refractivity contribution in [1.82, 2.24) is 9.61 Å². The van der Waals surface area contributed by atoms with Crippen molar-refractivity contribution in [3.63, 3.8) is 0 Å². The van der Waals surface area contributed by atoms with Gasteiger partial charge in [0, 0.05) is 5.69 Å². The average Bonchev–Trinajstić information content (AvgIpc) is 2.47. The summed E-state index contributed by atoms with van der Waals surface area (Å²) in [6.07, 6.45) is 1.47. The van der Waals surface area contributed by atoms with Gasteiger partial charge in [0.1, 0.15) is 0 Å². The number of rotatable bonds is 1. The van der Waals surface area contributed by atoms with Gasteiger partial charge in [-0.05, 0) is 25.1 Å². The predicted molar refractivity (Wildman–Crippen MR) is 48.4 cm³/mol. The second-order valence-electron chi connectivity index (χ2n) is 2.92. The van der Waals surface area contributed by atoms with Crippen LogP contribution < -0.4 is 5.73 Å². The van der Waals surface area contributed by atoms with Crippen LogP contribution in [0.25, 0.3) is 5.52 Å². The Kier molecular flexibility index (Phi) is 1.55. The first kappa shape index (κ1) is 7.79. The van der Waals surface area contributed by atoms with Gasteiger partial charge < -0.3 is 5.73 Å². The van der Waals surface area contributed by atoms with E-state index in [2.05, 4.69) is 5.10 Å². The number of aromatic nitrogens is 2. The Hall–Kier alpha value is -1.84. The maximum Gasteiger partial charge on any atom is 0.250 e. The first-order valence-corrected chi connectivity index (χ1v) is 3.92. The lowest BCUT2D eigenvalue weighted by atomic mass is 10.3. The molecule has 0 aliphatic heterocycles. The highest BCUT2D eigenvalue weighted by Gasteiger charge is 2.03. The molecular weight excluding hydrogens is 166 g/mol. The summed E-state index contributed by atoms with van der Waals surface area (Å²) >= 11 is 0. The van der Waals surface area contributed by atoms with Gasteiger partial charge in [0.15, 0.2) is 0 Å². The first-order chi connectivity index (χ1) is 6.18. The molecule has 0 fully saturated rings. The number of amides is 1. The molecule has 0 aromatic carbocycles. The number of fused-ring (bicyclic) bond motifs is 1. The molecule has 0 unspecified atom stereocenters. The minimum atomic E-state index is -0.450. The standard InChI is InChI=1S/C9H9N3O/c1-6-2-3-8-4-7(9(10)13)5-11-12(6)8/h2-5H,1H3,(H2,10,13). The summed E-state index contributed by atoms with van der Waals surface area (Å²) < 4.78 is 1.76. The van der Waals surface area contributed by atoms with Crippen LogP contribution in [-0.2, 0) is 0 Å². The second-order valence-corrected chi connectivity index (χ2v) is 2.92. The molecule has 0 aliphatic rings. The molecule has 1 amide bonds. The Morgan fingerprint density at radius 1 is 1.54 bits per heavy atom. The molecule has 13 heavy (non-hydrogen) atoms. The molecule has 4 heteroatoms. The molecule has 2 aromatic heterocycles. The Bertz CT molecular complexity index is 473. The van der Waals surface area contributed by atoms with Gasteiger partial charge >= 0.3 is 0 Å². The SMILES string of the molecule is Cc1ccc2cc(C(N)=O)cnn12. The molecule has 0 atom stereocenters. The quantitative estimate of drug-likeness (QED) is 0.694. The first-order valence-electron chi connectivity index (χ1n) is 3.92. The summed E-state index contributed by atoms with van der Waals surface area (Å²) in [7, 11) is 0. The van der Waals surface area contributed by atoms with Crippen LogP contribution in [0.5, 0.6) is 0 Å². The Morgan fingerprint density at radius 2 is 2.31 bits per heavy atom. The third-order valence-electron chi connectivity index (χ3n) is 1.97. The van der Waals surface area contributed by atoms with E-state index in [9.17, 15) is 4.79 Å². The lowest BCUT2D eigenvalue weighted by molar-refractivity contribution is 0.1000. The van der Waals surface area contributed by atoms with E-state index in [1.165, 1.54) is 6.20 Å². The van der Waals surface area contributed by atoms with Gasteiger partial charge in [0.2, 0.25) is 5.91 Å².